The van der Waals surface area contributed by atoms with Crippen molar-refractivity contribution in [1.29, 1.82) is 0 Å². The van der Waals surface area contributed by atoms with Crippen LogP contribution < -0.4 is 10.1 Å². The number of benzene rings is 1. The van der Waals surface area contributed by atoms with Gasteiger partial charge in [0.2, 0.25) is 0 Å². The standard InChI is InChI=1S/C18H26N2O2/c1-19-18(21)15-6-8-16(9-7-15)22-13-3-11-20-12-10-14-4-2-5-17(14)20/h6-9,14,17H,2-5,10-13H2,1H3,(H,19,21)/t14-,17-/m1/s1. The summed E-state index contributed by atoms with van der Waals surface area (Å²) < 4.78 is 5.79. The van der Waals surface area contributed by atoms with Crippen molar-refractivity contribution in [2.75, 3.05) is 26.7 Å². The van der Waals surface area contributed by atoms with Gasteiger partial charge in [-0.15, -0.1) is 0 Å². The van der Waals surface area contributed by atoms with Crippen molar-refractivity contribution in [3.05, 3.63) is 29.8 Å². The maximum Gasteiger partial charge on any atom is 0.251 e. The molecule has 1 aliphatic carbocycles. The second kappa shape index (κ2) is 7.14. The highest BCUT2D eigenvalue weighted by Crippen LogP contribution is 2.37. The number of carbonyl (C=O) groups is 1. The number of amides is 1. The number of hydrogen-bond acceptors (Lipinski definition) is 3. The molecule has 1 aromatic rings. The van der Waals surface area contributed by atoms with Gasteiger partial charge in [0.15, 0.2) is 0 Å². The quantitative estimate of drug-likeness (QED) is 0.822. The lowest BCUT2D eigenvalue weighted by Gasteiger charge is -2.23. The van der Waals surface area contributed by atoms with Crippen LogP contribution in [0, 0.1) is 5.92 Å². The van der Waals surface area contributed by atoms with Gasteiger partial charge in [0, 0.05) is 25.2 Å². The highest BCUT2D eigenvalue weighted by Gasteiger charge is 2.36. The fraction of sp³-hybridized carbons (Fsp3) is 0.611. The molecule has 3 rings (SSSR count). The molecule has 1 heterocycles. The summed E-state index contributed by atoms with van der Waals surface area (Å²) in [5.74, 6) is 1.75. The van der Waals surface area contributed by atoms with Crippen molar-refractivity contribution in [2.24, 2.45) is 5.92 Å². The smallest absolute Gasteiger partial charge is 0.251 e. The van der Waals surface area contributed by atoms with Gasteiger partial charge in [0.1, 0.15) is 5.75 Å². The third-order valence-corrected chi connectivity index (χ3v) is 5.08. The Morgan fingerprint density at radius 2 is 2.09 bits per heavy atom. The zero-order valence-corrected chi connectivity index (χ0v) is 13.4. The van der Waals surface area contributed by atoms with E-state index < -0.39 is 0 Å². The average Bonchev–Trinajstić information content (AvgIpc) is 3.15. The summed E-state index contributed by atoms with van der Waals surface area (Å²) >= 11 is 0. The van der Waals surface area contributed by atoms with Gasteiger partial charge in [-0.1, -0.05) is 6.42 Å². The molecule has 0 aromatic heterocycles. The number of nitrogens with one attached hydrogen (secondary N) is 1. The maximum atomic E-state index is 11.5. The summed E-state index contributed by atoms with van der Waals surface area (Å²) in [6.07, 6.45) is 6.72. The molecule has 4 nitrogen and oxygen atoms in total. The Morgan fingerprint density at radius 1 is 1.27 bits per heavy atom. The van der Waals surface area contributed by atoms with Crippen LogP contribution in [0.4, 0.5) is 0 Å². The van der Waals surface area contributed by atoms with Crippen LogP contribution in [0.1, 0.15) is 42.5 Å². The van der Waals surface area contributed by atoms with Crippen LogP contribution in [-0.2, 0) is 0 Å². The summed E-state index contributed by atoms with van der Waals surface area (Å²) in [6.45, 7) is 3.17. The van der Waals surface area contributed by atoms with Crippen molar-refractivity contribution in [3.63, 3.8) is 0 Å². The Bertz CT molecular complexity index is 500. The van der Waals surface area contributed by atoms with Crippen LogP contribution in [0.3, 0.4) is 0 Å². The molecule has 22 heavy (non-hydrogen) atoms. The molecule has 4 heteroatoms. The largest absolute Gasteiger partial charge is 0.494 e. The molecule has 0 unspecified atom stereocenters. The van der Waals surface area contributed by atoms with E-state index in [4.69, 9.17) is 4.74 Å². The van der Waals surface area contributed by atoms with Gasteiger partial charge >= 0.3 is 0 Å². The molecule has 1 saturated heterocycles. The normalized spacial score (nSPS) is 24.2. The number of likely N-dealkylation sites (tertiary alicyclic amines) is 1. The highest BCUT2D eigenvalue weighted by molar-refractivity contribution is 5.94. The second-order valence-corrected chi connectivity index (χ2v) is 6.39. The summed E-state index contributed by atoms with van der Waals surface area (Å²) in [5.41, 5.74) is 0.666. The molecule has 2 fully saturated rings. The summed E-state index contributed by atoms with van der Waals surface area (Å²) in [7, 11) is 1.64. The van der Waals surface area contributed by atoms with Gasteiger partial charge in [0.25, 0.3) is 5.91 Å². The van der Waals surface area contributed by atoms with Crippen molar-refractivity contribution in [2.45, 2.75) is 38.1 Å². The minimum absolute atomic E-state index is 0.0632. The molecular formula is C18H26N2O2. The molecule has 1 N–H and O–H groups in total. The summed E-state index contributed by atoms with van der Waals surface area (Å²) in [5, 5.41) is 2.62. The van der Waals surface area contributed by atoms with E-state index in [0.29, 0.717) is 5.56 Å². The first kappa shape index (κ1) is 15.3. The SMILES string of the molecule is CNC(=O)c1ccc(OCCCN2CC[C@H]3CCC[C@H]32)cc1. The van der Waals surface area contributed by atoms with E-state index in [1.54, 1.807) is 19.2 Å². The Kier molecular flexibility index (Phi) is 4.98. The summed E-state index contributed by atoms with van der Waals surface area (Å²) in [6, 6.07) is 8.20. The molecule has 2 aliphatic rings. The Hall–Kier alpha value is -1.55. The summed E-state index contributed by atoms with van der Waals surface area (Å²) in [4.78, 5) is 14.1. The van der Waals surface area contributed by atoms with Crippen molar-refractivity contribution in [1.82, 2.24) is 10.2 Å². The predicted molar refractivity (Wildman–Crippen MR) is 87.3 cm³/mol. The lowest BCUT2D eigenvalue weighted by molar-refractivity contribution is 0.0963. The lowest BCUT2D eigenvalue weighted by atomic mass is 10.0. The molecule has 1 amide bonds. The topological polar surface area (TPSA) is 41.6 Å². The average molecular weight is 302 g/mol. The second-order valence-electron chi connectivity index (χ2n) is 6.39. The molecule has 1 aromatic carbocycles. The van der Waals surface area contributed by atoms with Crippen LogP contribution in [0.5, 0.6) is 5.75 Å². The fourth-order valence-corrected chi connectivity index (χ4v) is 3.91. The van der Waals surface area contributed by atoms with Crippen LogP contribution in [0.15, 0.2) is 24.3 Å². The van der Waals surface area contributed by atoms with Gasteiger partial charge < -0.3 is 10.1 Å². The predicted octanol–water partition coefficient (Wildman–Crippen LogP) is 2.69. The first-order chi connectivity index (χ1) is 10.8. The Balaban J connectivity index is 1.39. The minimum Gasteiger partial charge on any atom is -0.494 e. The van der Waals surface area contributed by atoms with Crippen LogP contribution in [0.25, 0.3) is 0 Å². The number of hydrogen-bond donors (Lipinski definition) is 1. The number of carbonyl (C=O) groups excluding carboxylic acids is 1. The zero-order valence-electron chi connectivity index (χ0n) is 13.4. The van der Waals surface area contributed by atoms with E-state index in [-0.39, 0.29) is 5.91 Å². The fourth-order valence-electron chi connectivity index (χ4n) is 3.91. The first-order valence-corrected chi connectivity index (χ1v) is 8.47. The van der Waals surface area contributed by atoms with E-state index in [1.165, 1.54) is 32.2 Å². The van der Waals surface area contributed by atoms with Crippen molar-refractivity contribution < 1.29 is 9.53 Å². The Labute approximate surface area is 132 Å². The molecule has 1 aliphatic heterocycles. The van der Waals surface area contributed by atoms with Gasteiger partial charge in [-0.2, -0.15) is 0 Å². The van der Waals surface area contributed by atoms with Gasteiger partial charge in [-0.3, -0.25) is 9.69 Å². The van der Waals surface area contributed by atoms with E-state index in [1.807, 2.05) is 12.1 Å². The van der Waals surface area contributed by atoms with Crippen LogP contribution in [-0.4, -0.2) is 43.6 Å². The molecule has 0 spiro atoms. The molecule has 120 valence electrons. The third-order valence-electron chi connectivity index (χ3n) is 5.08. The van der Waals surface area contributed by atoms with Crippen LogP contribution in [0.2, 0.25) is 0 Å². The highest BCUT2D eigenvalue weighted by atomic mass is 16.5. The van der Waals surface area contributed by atoms with E-state index in [2.05, 4.69) is 10.2 Å². The molecule has 2 atom stereocenters. The first-order valence-electron chi connectivity index (χ1n) is 8.47. The minimum atomic E-state index is -0.0632. The lowest BCUT2D eigenvalue weighted by Crippen LogP contribution is -2.31. The number of ether oxygens (including phenoxy) is 1. The number of nitrogens with zero attached hydrogens (tertiary/aromatic N) is 1. The third kappa shape index (κ3) is 3.43. The molecular weight excluding hydrogens is 276 g/mol. The Morgan fingerprint density at radius 3 is 2.86 bits per heavy atom. The van der Waals surface area contributed by atoms with Gasteiger partial charge in [-0.05, 0) is 62.4 Å². The van der Waals surface area contributed by atoms with Gasteiger partial charge in [-0.25, -0.2) is 0 Å². The van der Waals surface area contributed by atoms with Crippen molar-refractivity contribution in [3.8, 4) is 5.75 Å². The van der Waals surface area contributed by atoms with E-state index >= 15 is 0 Å². The number of fused-ring (bicyclic) bond motifs is 1. The van der Waals surface area contributed by atoms with E-state index in [0.717, 1.165) is 37.3 Å². The zero-order chi connectivity index (χ0) is 15.4. The monoisotopic (exact) mass is 302 g/mol. The van der Waals surface area contributed by atoms with Crippen molar-refractivity contribution >= 4 is 5.91 Å². The van der Waals surface area contributed by atoms with Gasteiger partial charge in [0.05, 0.1) is 6.61 Å². The van der Waals surface area contributed by atoms with E-state index in [9.17, 15) is 4.79 Å². The van der Waals surface area contributed by atoms with Crippen LogP contribution >= 0.6 is 0 Å². The molecule has 1 saturated carbocycles. The maximum absolute atomic E-state index is 11.5. The molecule has 0 bridgehead atoms. The molecule has 0 radical (unpaired) electrons. The number of rotatable bonds is 6.